The van der Waals surface area contributed by atoms with Crippen molar-refractivity contribution in [1.82, 2.24) is 24.6 Å². The van der Waals surface area contributed by atoms with Crippen LogP contribution in [0.2, 0.25) is 0 Å². The first-order valence-electron chi connectivity index (χ1n) is 10.5. The zero-order valence-electron chi connectivity index (χ0n) is 18.3. The van der Waals surface area contributed by atoms with Crippen molar-refractivity contribution in [2.24, 2.45) is 0 Å². The Hall–Kier alpha value is -3.99. The molecule has 1 amide bonds. The summed E-state index contributed by atoms with van der Waals surface area (Å²) >= 11 is 0. The number of hydrogen-bond acceptors (Lipinski definition) is 7. The number of nitrogens with one attached hydrogen (secondary N) is 1. The van der Waals surface area contributed by atoms with Gasteiger partial charge in [-0.3, -0.25) is 19.1 Å². The lowest BCUT2D eigenvalue weighted by Gasteiger charge is -2.28. The number of pyridine rings is 2. The van der Waals surface area contributed by atoms with E-state index in [0.717, 1.165) is 17.4 Å². The van der Waals surface area contributed by atoms with Crippen LogP contribution in [0.25, 0.3) is 16.7 Å². The molecule has 9 nitrogen and oxygen atoms in total. The molecule has 5 rings (SSSR count). The van der Waals surface area contributed by atoms with Crippen LogP contribution in [-0.2, 0) is 0 Å². The van der Waals surface area contributed by atoms with E-state index in [9.17, 15) is 18.4 Å². The molecule has 0 aromatic carbocycles. The van der Waals surface area contributed by atoms with E-state index in [1.54, 1.807) is 18.3 Å². The van der Waals surface area contributed by atoms with E-state index < -0.39 is 11.8 Å². The van der Waals surface area contributed by atoms with Gasteiger partial charge in [0.25, 0.3) is 11.8 Å². The first kappa shape index (κ1) is 23.2. The maximum absolute atomic E-state index is 12.4. The highest BCUT2D eigenvalue weighted by Crippen LogP contribution is 2.26. The van der Waals surface area contributed by atoms with Crippen LogP contribution >= 0.6 is 0 Å². The van der Waals surface area contributed by atoms with Gasteiger partial charge in [-0.2, -0.15) is 0 Å². The van der Waals surface area contributed by atoms with E-state index in [4.69, 9.17) is 4.52 Å². The van der Waals surface area contributed by atoms with E-state index in [1.165, 1.54) is 24.7 Å². The Labute approximate surface area is 193 Å². The number of nitrogens with zero attached hydrogens (tertiary/aromatic N) is 5. The van der Waals surface area contributed by atoms with Crippen LogP contribution < -0.4 is 5.32 Å². The molecule has 34 heavy (non-hydrogen) atoms. The fraction of sp³-hybridized carbons (Fsp3) is 0.261. The Morgan fingerprint density at radius 3 is 2.65 bits per heavy atom. The van der Waals surface area contributed by atoms with Crippen molar-refractivity contribution in [3.8, 4) is 5.69 Å². The van der Waals surface area contributed by atoms with Gasteiger partial charge in [0.05, 0.1) is 30.0 Å². The Balaban J connectivity index is 0.000000257. The van der Waals surface area contributed by atoms with Crippen molar-refractivity contribution in [3.05, 3.63) is 66.6 Å². The number of aldehydes is 1. The van der Waals surface area contributed by atoms with Gasteiger partial charge in [-0.25, -0.2) is 13.8 Å². The second-order valence-corrected chi connectivity index (χ2v) is 7.91. The van der Waals surface area contributed by atoms with Gasteiger partial charge in [0, 0.05) is 55.3 Å². The number of amides is 1. The molecule has 11 heteroatoms. The van der Waals surface area contributed by atoms with Crippen molar-refractivity contribution < 1.29 is 22.9 Å². The molecule has 0 spiro atoms. The van der Waals surface area contributed by atoms with Crippen molar-refractivity contribution in [2.75, 3.05) is 25.5 Å². The van der Waals surface area contributed by atoms with Crippen molar-refractivity contribution in [2.45, 2.75) is 18.8 Å². The SMILES string of the molecule is CN1CCC(F)(F)CC1.O=Cc1cnc2c(ccn2-c2cncc(NC(=O)c3ccno3)c2)c1. The van der Waals surface area contributed by atoms with Crippen LogP contribution in [0.15, 0.2) is 59.8 Å². The van der Waals surface area contributed by atoms with Gasteiger partial charge in [-0.05, 0) is 25.2 Å². The molecule has 1 saturated heterocycles. The standard InChI is InChI=1S/C17H11N5O3.C6H11F2N/c23-10-11-5-12-2-4-22(16(12)19-7-11)14-6-13(8-18-9-14)21-17(24)15-1-3-20-25-15;1-9-4-2-6(7,8)3-5-9/h1-10H,(H,21,24);2-5H2,1H3. The molecular formula is C23H22F2N6O3. The summed E-state index contributed by atoms with van der Waals surface area (Å²) in [5, 5.41) is 7.03. The predicted molar refractivity (Wildman–Crippen MR) is 120 cm³/mol. The third-order valence-corrected chi connectivity index (χ3v) is 5.32. The normalized spacial score (nSPS) is 15.4. The number of halogens is 2. The summed E-state index contributed by atoms with van der Waals surface area (Å²) in [6.45, 7) is 1.07. The van der Waals surface area contributed by atoms with Gasteiger partial charge in [-0.15, -0.1) is 0 Å². The Morgan fingerprint density at radius 1 is 1.18 bits per heavy atom. The predicted octanol–water partition coefficient (Wildman–Crippen LogP) is 3.82. The summed E-state index contributed by atoms with van der Waals surface area (Å²) in [6, 6.07) is 6.85. The third-order valence-electron chi connectivity index (χ3n) is 5.32. The molecule has 0 atom stereocenters. The minimum atomic E-state index is -2.38. The second kappa shape index (κ2) is 9.87. The van der Waals surface area contributed by atoms with Crippen molar-refractivity contribution in [3.63, 3.8) is 0 Å². The molecule has 1 N–H and O–H groups in total. The highest BCUT2D eigenvalue weighted by Gasteiger charge is 2.32. The largest absolute Gasteiger partial charge is 0.351 e. The first-order valence-corrected chi connectivity index (χ1v) is 10.5. The van der Waals surface area contributed by atoms with Gasteiger partial charge in [0.2, 0.25) is 5.76 Å². The van der Waals surface area contributed by atoms with E-state index in [1.807, 2.05) is 28.8 Å². The monoisotopic (exact) mass is 468 g/mol. The Morgan fingerprint density at radius 2 is 1.97 bits per heavy atom. The van der Waals surface area contributed by atoms with Crippen LogP contribution in [0.5, 0.6) is 0 Å². The zero-order chi connectivity index (χ0) is 24.1. The Bertz CT molecular complexity index is 1280. The number of carbonyl (C=O) groups is 2. The van der Waals surface area contributed by atoms with Gasteiger partial charge in [-0.1, -0.05) is 5.16 Å². The van der Waals surface area contributed by atoms with E-state index in [0.29, 0.717) is 30.0 Å². The van der Waals surface area contributed by atoms with Crippen molar-refractivity contribution in [1.29, 1.82) is 0 Å². The summed E-state index contributed by atoms with van der Waals surface area (Å²) in [5.74, 6) is -2.69. The highest BCUT2D eigenvalue weighted by molar-refractivity contribution is 6.02. The molecule has 4 aromatic rings. The van der Waals surface area contributed by atoms with E-state index in [-0.39, 0.29) is 18.6 Å². The fourth-order valence-corrected chi connectivity index (χ4v) is 3.41. The molecule has 1 aliphatic heterocycles. The number of hydrogen-bond donors (Lipinski definition) is 1. The lowest BCUT2D eigenvalue weighted by atomic mass is 10.1. The summed E-state index contributed by atoms with van der Waals surface area (Å²) in [4.78, 5) is 33.3. The number of rotatable bonds is 4. The van der Waals surface area contributed by atoms with E-state index >= 15 is 0 Å². The smallest absolute Gasteiger partial charge is 0.294 e. The lowest BCUT2D eigenvalue weighted by molar-refractivity contribution is -0.0504. The van der Waals surface area contributed by atoms with Crippen LogP contribution in [0, 0.1) is 0 Å². The molecule has 0 radical (unpaired) electrons. The number of anilines is 1. The van der Waals surface area contributed by atoms with Crippen LogP contribution in [0.4, 0.5) is 14.5 Å². The minimum absolute atomic E-state index is 0.0312. The number of carbonyl (C=O) groups excluding carboxylic acids is 2. The van der Waals surface area contributed by atoms with Crippen LogP contribution in [-0.4, -0.2) is 62.8 Å². The molecule has 1 fully saturated rings. The molecule has 1 aliphatic rings. The van der Waals surface area contributed by atoms with Crippen molar-refractivity contribution >= 4 is 28.9 Å². The summed E-state index contributed by atoms with van der Waals surface area (Å²) in [6.07, 6.45) is 8.73. The number of aromatic nitrogens is 4. The maximum Gasteiger partial charge on any atom is 0.294 e. The second-order valence-electron chi connectivity index (χ2n) is 7.91. The molecule has 0 aliphatic carbocycles. The molecule has 4 aromatic heterocycles. The number of alkyl halides is 2. The quantitative estimate of drug-likeness (QED) is 0.454. The summed E-state index contributed by atoms with van der Waals surface area (Å²) < 4.78 is 31.3. The summed E-state index contributed by atoms with van der Waals surface area (Å²) in [5.41, 5.74) is 2.42. The fourth-order valence-electron chi connectivity index (χ4n) is 3.41. The molecule has 5 heterocycles. The van der Waals surface area contributed by atoms with Crippen LogP contribution in [0.1, 0.15) is 33.8 Å². The van der Waals surface area contributed by atoms with Gasteiger partial charge < -0.3 is 14.7 Å². The molecular weight excluding hydrogens is 446 g/mol. The van der Waals surface area contributed by atoms with Gasteiger partial charge >= 0.3 is 0 Å². The van der Waals surface area contributed by atoms with Gasteiger partial charge in [0.15, 0.2) is 6.29 Å². The first-order chi connectivity index (χ1) is 16.3. The number of likely N-dealkylation sites (tertiary alicyclic amines) is 1. The number of fused-ring (bicyclic) bond motifs is 1. The Kier molecular flexibility index (Phi) is 6.73. The number of piperidine rings is 1. The molecule has 0 saturated carbocycles. The average Bonchev–Trinajstić information content (AvgIpc) is 3.51. The molecule has 176 valence electrons. The van der Waals surface area contributed by atoms with Gasteiger partial charge in [0.1, 0.15) is 5.65 Å². The average molecular weight is 468 g/mol. The third kappa shape index (κ3) is 5.49. The lowest BCUT2D eigenvalue weighted by Crippen LogP contribution is -2.36. The molecule has 0 unspecified atom stereocenters. The summed E-state index contributed by atoms with van der Waals surface area (Å²) in [7, 11) is 1.87. The van der Waals surface area contributed by atoms with Crippen LogP contribution in [0.3, 0.4) is 0 Å². The minimum Gasteiger partial charge on any atom is -0.351 e. The van der Waals surface area contributed by atoms with E-state index in [2.05, 4.69) is 20.4 Å². The highest BCUT2D eigenvalue weighted by atomic mass is 19.3. The maximum atomic E-state index is 12.4. The molecule has 0 bridgehead atoms. The zero-order valence-corrected chi connectivity index (χ0v) is 18.3. The topological polar surface area (TPSA) is 106 Å².